The van der Waals surface area contributed by atoms with Crippen LogP contribution in [0.5, 0.6) is 0 Å². The zero-order chi connectivity index (χ0) is 9.05. The third-order valence-electron chi connectivity index (χ3n) is 5.29. The topological polar surface area (TPSA) is 26.0 Å². The Morgan fingerprint density at radius 1 is 1.23 bits per heavy atom. The Hall–Kier alpha value is -0.0400. The molecule has 2 bridgehead atoms. The van der Waals surface area contributed by atoms with Crippen molar-refractivity contribution in [1.82, 2.24) is 0 Å². The lowest BCUT2D eigenvalue weighted by atomic mass is 9.68. The SMILES string of the molecule is C[C@H]1CCC2(C1)[C@H]1CC[C@H](C1)[C@H]2N. The van der Waals surface area contributed by atoms with Crippen LogP contribution in [-0.2, 0) is 0 Å². The number of rotatable bonds is 0. The average Bonchev–Trinajstić information content (AvgIpc) is 2.73. The molecule has 0 saturated heterocycles. The summed E-state index contributed by atoms with van der Waals surface area (Å²) in [7, 11) is 0. The smallest absolute Gasteiger partial charge is 0.0127 e. The van der Waals surface area contributed by atoms with Crippen LogP contribution in [0.2, 0.25) is 0 Å². The van der Waals surface area contributed by atoms with Crippen LogP contribution < -0.4 is 5.73 Å². The number of nitrogens with two attached hydrogens (primary N) is 1. The van der Waals surface area contributed by atoms with E-state index in [4.69, 9.17) is 5.73 Å². The van der Waals surface area contributed by atoms with Gasteiger partial charge in [-0.25, -0.2) is 0 Å². The molecule has 3 fully saturated rings. The van der Waals surface area contributed by atoms with Crippen molar-refractivity contribution in [3.63, 3.8) is 0 Å². The van der Waals surface area contributed by atoms with Crippen molar-refractivity contribution in [1.29, 1.82) is 0 Å². The van der Waals surface area contributed by atoms with Crippen molar-refractivity contribution in [2.75, 3.05) is 0 Å². The first kappa shape index (κ1) is 8.28. The van der Waals surface area contributed by atoms with Crippen molar-refractivity contribution in [2.24, 2.45) is 28.9 Å². The van der Waals surface area contributed by atoms with Gasteiger partial charge in [0, 0.05) is 6.04 Å². The molecule has 0 aliphatic heterocycles. The highest BCUT2D eigenvalue weighted by Crippen LogP contribution is 2.62. The van der Waals surface area contributed by atoms with Gasteiger partial charge in [0.25, 0.3) is 0 Å². The van der Waals surface area contributed by atoms with Gasteiger partial charge in [-0.1, -0.05) is 13.3 Å². The van der Waals surface area contributed by atoms with Gasteiger partial charge in [0.05, 0.1) is 0 Å². The minimum absolute atomic E-state index is 0.566. The second-order valence-corrected chi connectivity index (χ2v) is 5.88. The molecule has 3 rings (SSSR count). The number of fused-ring (bicyclic) bond motifs is 3. The van der Waals surface area contributed by atoms with E-state index in [0.717, 1.165) is 17.8 Å². The van der Waals surface area contributed by atoms with Crippen molar-refractivity contribution in [3.8, 4) is 0 Å². The lowest BCUT2D eigenvalue weighted by Gasteiger charge is -2.39. The lowest BCUT2D eigenvalue weighted by Crippen LogP contribution is -2.44. The third-order valence-corrected chi connectivity index (χ3v) is 5.29. The molecule has 1 heteroatoms. The molecule has 13 heavy (non-hydrogen) atoms. The van der Waals surface area contributed by atoms with Gasteiger partial charge in [-0.05, 0) is 55.3 Å². The van der Waals surface area contributed by atoms with Crippen LogP contribution in [0.15, 0.2) is 0 Å². The largest absolute Gasteiger partial charge is 0.327 e. The maximum Gasteiger partial charge on any atom is 0.0127 e. The maximum atomic E-state index is 6.42. The van der Waals surface area contributed by atoms with E-state index < -0.39 is 0 Å². The minimum Gasteiger partial charge on any atom is -0.327 e. The standard InChI is InChI=1S/C12H21N/c1-8-4-5-12(7-8)10-3-2-9(6-10)11(12)13/h8-11H,2-7,13H2,1H3/t8-,9+,10-,11+,12?/m0/s1. The maximum absolute atomic E-state index is 6.42. The van der Waals surface area contributed by atoms with E-state index in [1.165, 1.54) is 38.5 Å². The molecule has 3 aliphatic rings. The molecule has 0 heterocycles. The van der Waals surface area contributed by atoms with E-state index in [1.54, 1.807) is 0 Å². The first-order valence-electron chi connectivity index (χ1n) is 5.98. The predicted octanol–water partition coefficient (Wildman–Crippen LogP) is 2.55. The fourth-order valence-corrected chi connectivity index (χ4v) is 4.65. The van der Waals surface area contributed by atoms with Crippen molar-refractivity contribution in [2.45, 2.75) is 51.5 Å². The van der Waals surface area contributed by atoms with Gasteiger partial charge in [-0.2, -0.15) is 0 Å². The molecule has 1 nitrogen and oxygen atoms in total. The molecule has 1 spiro atoms. The number of hydrogen-bond acceptors (Lipinski definition) is 1. The normalized spacial score (nSPS) is 59.5. The predicted molar refractivity (Wildman–Crippen MR) is 54.3 cm³/mol. The van der Waals surface area contributed by atoms with Crippen LogP contribution in [0.4, 0.5) is 0 Å². The summed E-state index contributed by atoms with van der Waals surface area (Å²) in [5.74, 6) is 2.86. The summed E-state index contributed by atoms with van der Waals surface area (Å²) in [4.78, 5) is 0. The molecule has 3 saturated carbocycles. The van der Waals surface area contributed by atoms with Gasteiger partial charge in [0.15, 0.2) is 0 Å². The molecule has 74 valence electrons. The Morgan fingerprint density at radius 2 is 2.08 bits per heavy atom. The van der Waals surface area contributed by atoms with Crippen molar-refractivity contribution >= 4 is 0 Å². The molecule has 0 radical (unpaired) electrons. The average molecular weight is 179 g/mol. The molecular formula is C12H21N. The quantitative estimate of drug-likeness (QED) is 0.607. The summed E-state index contributed by atoms with van der Waals surface area (Å²) in [6.07, 6.45) is 8.71. The Labute approximate surface area is 81.1 Å². The van der Waals surface area contributed by atoms with Gasteiger partial charge in [-0.3, -0.25) is 0 Å². The molecule has 0 aromatic carbocycles. The summed E-state index contributed by atoms with van der Waals surface area (Å²) < 4.78 is 0. The molecule has 2 N–H and O–H groups in total. The van der Waals surface area contributed by atoms with E-state index in [1.807, 2.05) is 0 Å². The highest BCUT2D eigenvalue weighted by Gasteiger charge is 2.58. The van der Waals surface area contributed by atoms with Crippen LogP contribution in [0.25, 0.3) is 0 Å². The molecule has 5 atom stereocenters. The Balaban J connectivity index is 1.90. The third kappa shape index (κ3) is 0.918. The molecular weight excluding hydrogens is 158 g/mol. The molecule has 0 aromatic rings. The molecule has 1 unspecified atom stereocenters. The van der Waals surface area contributed by atoms with E-state index >= 15 is 0 Å². The van der Waals surface area contributed by atoms with Gasteiger partial charge in [0.1, 0.15) is 0 Å². The summed E-state index contributed by atoms with van der Waals surface area (Å²) in [6, 6.07) is 0.566. The van der Waals surface area contributed by atoms with E-state index in [9.17, 15) is 0 Å². The van der Waals surface area contributed by atoms with Crippen molar-refractivity contribution in [3.05, 3.63) is 0 Å². The van der Waals surface area contributed by atoms with Crippen LogP contribution in [-0.4, -0.2) is 6.04 Å². The van der Waals surface area contributed by atoms with E-state index in [-0.39, 0.29) is 0 Å². The van der Waals surface area contributed by atoms with Crippen molar-refractivity contribution < 1.29 is 0 Å². The fourth-order valence-electron chi connectivity index (χ4n) is 4.65. The zero-order valence-electron chi connectivity index (χ0n) is 8.63. The van der Waals surface area contributed by atoms with Gasteiger partial charge in [-0.15, -0.1) is 0 Å². The zero-order valence-corrected chi connectivity index (χ0v) is 8.63. The highest BCUT2D eigenvalue weighted by molar-refractivity contribution is 5.10. The second kappa shape index (κ2) is 2.50. The fraction of sp³-hybridized carbons (Fsp3) is 1.00. The molecule has 0 aromatic heterocycles. The summed E-state index contributed by atoms with van der Waals surface area (Å²) in [5, 5.41) is 0. The summed E-state index contributed by atoms with van der Waals surface area (Å²) in [6.45, 7) is 2.41. The first-order chi connectivity index (χ1) is 6.22. The minimum atomic E-state index is 0.566. The van der Waals surface area contributed by atoms with E-state index in [0.29, 0.717) is 11.5 Å². The van der Waals surface area contributed by atoms with Crippen LogP contribution >= 0.6 is 0 Å². The Morgan fingerprint density at radius 3 is 2.62 bits per heavy atom. The summed E-state index contributed by atoms with van der Waals surface area (Å²) in [5.41, 5.74) is 7.04. The Bertz CT molecular complexity index is 221. The van der Waals surface area contributed by atoms with Gasteiger partial charge >= 0.3 is 0 Å². The highest BCUT2D eigenvalue weighted by atomic mass is 14.8. The van der Waals surface area contributed by atoms with Crippen LogP contribution in [0, 0.1) is 23.2 Å². The monoisotopic (exact) mass is 179 g/mol. The molecule has 3 aliphatic carbocycles. The molecule has 0 amide bonds. The Kier molecular flexibility index (Phi) is 1.59. The first-order valence-corrected chi connectivity index (χ1v) is 5.98. The summed E-state index contributed by atoms with van der Waals surface area (Å²) >= 11 is 0. The second-order valence-electron chi connectivity index (χ2n) is 5.88. The van der Waals surface area contributed by atoms with Gasteiger partial charge in [0.2, 0.25) is 0 Å². The van der Waals surface area contributed by atoms with Crippen LogP contribution in [0.3, 0.4) is 0 Å². The van der Waals surface area contributed by atoms with Crippen LogP contribution in [0.1, 0.15) is 45.4 Å². The number of hydrogen-bond donors (Lipinski definition) is 1. The van der Waals surface area contributed by atoms with Gasteiger partial charge < -0.3 is 5.73 Å². The lowest BCUT2D eigenvalue weighted by molar-refractivity contribution is 0.134. The van der Waals surface area contributed by atoms with E-state index in [2.05, 4.69) is 6.92 Å².